The standard InChI is InChI=1S/C10H13N3O/c14-7-9-5-11-6-10(13-9)12-4-8-2-1-3-8/h5-8H,1-4H2,(H,12,13). The molecule has 0 saturated heterocycles. The van der Waals surface area contributed by atoms with Gasteiger partial charge in [0.25, 0.3) is 0 Å². The Balaban J connectivity index is 1.90. The highest BCUT2D eigenvalue weighted by atomic mass is 16.1. The van der Waals surface area contributed by atoms with Crippen LogP contribution in [-0.4, -0.2) is 22.8 Å². The smallest absolute Gasteiger partial charge is 0.170 e. The minimum atomic E-state index is 0.378. The average Bonchev–Trinajstić information content (AvgIpc) is 2.16. The van der Waals surface area contributed by atoms with Gasteiger partial charge in [0.2, 0.25) is 0 Å². The molecule has 0 unspecified atom stereocenters. The number of hydrogen-bond donors (Lipinski definition) is 1. The number of carbonyl (C=O) groups excluding carboxylic acids is 1. The fourth-order valence-electron chi connectivity index (χ4n) is 1.47. The fraction of sp³-hybridized carbons (Fsp3) is 0.500. The predicted molar refractivity (Wildman–Crippen MR) is 53.3 cm³/mol. The molecular formula is C10H13N3O. The highest BCUT2D eigenvalue weighted by molar-refractivity contribution is 5.71. The molecule has 2 rings (SSSR count). The molecule has 74 valence electrons. The van der Waals surface area contributed by atoms with Gasteiger partial charge in [-0.15, -0.1) is 0 Å². The van der Waals surface area contributed by atoms with Crippen LogP contribution in [0.4, 0.5) is 5.82 Å². The van der Waals surface area contributed by atoms with Crippen molar-refractivity contribution in [3.05, 3.63) is 18.1 Å². The monoisotopic (exact) mass is 191 g/mol. The zero-order chi connectivity index (χ0) is 9.80. The second-order valence-corrected chi connectivity index (χ2v) is 3.62. The molecule has 0 bridgehead atoms. The van der Waals surface area contributed by atoms with Crippen LogP contribution in [0.25, 0.3) is 0 Å². The third-order valence-corrected chi connectivity index (χ3v) is 2.57. The number of hydrogen-bond acceptors (Lipinski definition) is 4. The van der Waals surface area contributed by atoms with Crippen molar-refractivity contribution in [1.82, 2.24) is 9.97 Å². The lowest BCUT2D eigenvalue weighted by atomic mass is 9.85. The van der Waals surface area contributed by atoms with Crippen molar-refractivity contribution in [2.45, 2.75) is 19.3 Å². The molecule has 1 fully saturated rings. The van der Waals surface area contributed by atoms with Crippen LogP contribution in [0.5, 0.6) is 0 Å². The molecule has 0 radical (unpaired) electrons. The summed E-state index contributed by atoms with van der Waals surface area (Å²) in [6.07, 6.45) is 7.75. The van der Waals surface area contributed by atoms with E-state index in [1.54, 1.807) is 6.20 Å². The molecule has 0 amide bonds. The number of rotatable bonds is 4. The first kappa shape index (κ1) is 9.12. The Morgan fingerprint density at radius 3 is 3.00 bits per heavy atom. The lowest BCUT2D eigenvalue weighted by Crippen LogP contribution is -2.21. The first-order valence-corrected chi connectivity index (χ1v) is 4.89. The van der Waals surface area contributed by atoms with Gasteiger partial charge < -0.3 is 5.32 Å². The molecule has 0 aromatic carbocycles. The van der Waals surface area contributed by atoms with Gasteiger partial charge in [-0.3, -0.25) is 9.78 Å². The molecule has 0 aliphatic heterocycles. The largest absolute Gasteiger partial charge is 0.368 e. The average molecular weight is 191 g/mol. The number of anilines is 1. The van der Waals surface area contributed by atoms with Crippen LogP contribution >= 0.6 is 0 Å². The van der Waals surface area contributed by atoms with Crippen molar-refractivity contribution in [3.63, 3.8) is 0 Å². The van der Waals surface area contributed by atoms with Gasteiger partial charge in [-0.1, -0.05) is 6.42 Å². The maximum Gasteiger partial charge on any atom is 0.170 e. The molecule has 0 atom stereocenters. The summed E-state index contributed by atoms with van der Waals surface area (Å²) in [5.74, 6) is 1.47. The molecule has 1 N–H and O–H groups in total. The first-order chi connectivity index (χ1) is 6.88. The molecule has 0 spiro atoms. The zero-order valence-electron chi connectivity index (χ0n) is 7.94. The SMILES string of the molecule is O=Cc1cncc(NCC2CCC2)n1. The molecular weight excluding hydrogens is 178 g/mol. The Bertz CT molecular complexity index is 323. The molecule has 1 aromatic heterocycles. The van der Waals surface area contributed by atoms with Crippen molar-refractivity contribution >= 4 is 12.1 Å². The number of aldehydes is 1. The van der Waals surface area contributed by atoms with E-state index >= 15 is 0 Å². The van der Waals surface area contributed by atoms with Crippen molar-refractivity contribution in [1.29, 1.82) is 0 Å². The van der Waals surface area contributed by atoms with E-state index < -0.39 is 0 Å². The maximum atomic E-state index is 10.4. The van der Waals surface area contributed by atoms with Crippen LogP contribution in [0.15, 0.2) is 12.4 Å². The second-order valence-electron chi connectivity index (χ2n) is 3.62. The number of nitrogens with zero attached hydrogens (tertiary/aromatic N) is 2. The number of carbonyl (C=O) groups is 1. The lowest BCUT2D eigenvalue weighted by Gasteiger charge is -2.25. The molecule has 1 aliphatic carbocycles. The molecule has 4 nitrogen and oxygen atoms in total. The summed E-state index contributed by atoms with van der Waals surface area (Å²) in [7, 11) is 0. The van der Waals surface area contributed by atoms with E-state index in [-0.39, 0.29) is 0 Å². The highest BCUT2D eigenvalue weighted by Crippen LogP contribution is 2.26. The lowest BCUT2D eigenvalue weighted by molar-refractivity contribution is 0.111. The van der Waals surface area contributed by atoms with E-state index in [2.05, 4.69) is 15.3 Å². The van der Waals surface area contributed by atoms with Gasteiger partial charge in [0.1, 0.15) is 11.5 Å². The minimum absolute atomic E-state index is 0.378. The quantitative estimate of drug-likeness (QED) is 0.733. The van der Waals surface area contributed by atoms with E-state index in [4.69, 9.17) is 0 Å². The van der Waals surface area contributed by atoms with Crippen molar-refractivity contribution in [2.24, 2.45) is 5.92 Å². The third-order valence-electron chi connectivity index (χ3n) is 2.57. The summed E-state index contributed by atoms with van der Waals surface area (Å²) in [6.45, 7) is 0.941. The van der Waals surface area contributed by atoms with Gasteiger partial charge in [-0.25, -0.2) is 4.98 Å². The topological polar surface area (TPSA) is 54.9 Å². The Labute approximate surface area is 82.8 Å². The van der Waals surface area contributed by atoms with E-state index in [9.17, 15) is 4.79 Å². The van der Waals surface area contributed by atoms with E-state index in [1.807, 2.05) is 0 Å². The zero-order valence-corrected chi connectivity index (χ0v) is 7.94. The predicted octanol–water partition coefficient (Wildman–Crippen LogP) is 1.50. The Kier molecular flexibility index (Phi) is 2.72. The Hall–Kier alpha value is -1.45. The minimum Gasteiger partial charge on any atom is -0.368 e. The summed E-state index contributed by atoms with van der Waals surface area (Å²) in [5, 5.41) is 3.19. The van der Waals surface area contributed by atoms with Crippen LogP contribution < -0.4 is 5.32 Å². The van der Waals surface area contributed by atoms with Gasteiger partial charge in [-0.2, -0.15) is 0 Å². The fourth-order valence-corrected chi connectivity index (χ4v) is 1.47. The molecule has 4 heteroatoms. The van der Waals surface area contributed by atoms with Crippen molar-refractivity contribution in [2.75, 3.05) is 11.9 Å². The summed E-state index contributed by atoms with van der Waals surface area (Å²) < 4.78 is 0. The molecule has 14 heavy (non-hydrogen) atoms. The molecule has 1 heterocycles. The van der Waals surface area contributed by atoms with Crippen LogP contribution in [-0.2, 0) is 0 Å². The maximum absolute atomic E-state index is 10.4. The van der Waals surface area contributed by atoms with Gasteiger partial charge in [-0.05, 0) is 18.8 Å². The van der Waals surface area contributed by atoms with Crippen molar-refractivity contribution in [3.8, 4) is 0 Å². The molecule has 1 aliphatic rings. The van der Waals surface area contributed by atoms with Crippen molar-refractivity contribution < 1.29 is 4.79 Å². The van der Waals surface area contributed by atoms with Gasteiger partial charge in [0.05, 0.1) is 12.4 Å². The van der Waals surface area contributed by atoms with E-state index in [0.29, 0.717) is 17.8 Å². The number of aromatic nitrogens is 2. The van der Waals surface area contributed by atoms with E-state index in [0.717, 1.165) is 12.5 Å². The summed E-state index contributed by atoms with van der Waals surface area (Å²) in [6, 6.07) is 0. The number of nitrogens with one attached hydrogen (secondary N) is 1. The first-order valence-electron chi connectivity index (χ1n) is 4.89. The van der Waals surface area contributed by atoms with Gasteiger partial charge in [0.15, 0.2) is 6.29 Å². The second kappa shape index (κ2) is 4.17. The van der Waals surface area contributed by atoms with Crippen LogP contribution in [0.1, 0.15) is 29.8 Å². The van der Waals surface area contributed by atoms with Crippen LogP contribution in [0.2, 0.25) is 0 Å². The van der Waals surface area contributed by atoms with Crippen LogP contribution in [0.3, 0.4) is 0 Å². The van der Waals surface area contributed by atoms with Gasteiger partial charge in [0, 0.05) is 6.54 Å². The Morgan fingerprint density at radius 2 is 2.36 bits per heavy atom. The third kappa shape index (κ3) is 2.07. The highest BCUT2D eigenvalue weighted by Gasteiger charge is 2.16. The summed E-state index contributed by atoms with van der Waals surface area (Å²) in [5.41, 5.74) is 0.378. The van der Waals surface area contributed by atoms with Gasteiger partial charge >= 0.3 is 0 Å². The van der Waals surface area contributed by atoms with E-state index in [1.165, 1.54) is 25.5 Å². The molecule has 1 aromatic rings. The Morgan fingerprint density at radius 1 is 1.50 bits per heavy atom. The normalized spacial score (nSPS) is 16.0. The summed E-state index contributed by atoms with van der Waals surface area (Å²) >= 11 is 0. The molecule has 1 saturated carbocycles. The van der Waals surface area contributed by atoms with Crippen LogP contribution in [0, 0.1) is 5.92 Å². The summed E-state index contributed by atoms with van der Waals surface area (Å²) in [4.78, 5) is 18.4.